The molecule has 0 aliphatic heterocycles. The quantitative estimate of drug-likeness (QED) is 0.0276. The lowest BCUT2D eigenvalue weighted by Crippen LogP contribution is -2.58. The molecule has 0 bridgehead atoms. The van der Waals surface area contributed by atoms with Crippen LogP contribution in [0.25, 0.3) is 0 Å². The van der Waals surface area contributed by atoms with Gasteiger partial charge in [-0.2, -0.15) is 0 Å². The molecule has 0 fully saturated rings. The Balaban J connectivity index is 5.73. The standard InChI is InChI=1S/C26H49N9O7/c1-14(2)10-19(24(41)32-16(12-36)13-37)35-25(42)20(11-15(3)4)34-23(40)18(7-8-21(28)38)33-22(39)17(27)6-5-9-31-26(29)30/h12,14-20,37H,5-11,13,27H2,1-4H3,(H2,28,38)(H,32,41)(H,33,39)(H,34,40)(H,35,42)(H4,29,30,31)/t16-,17+,18+,19+,20+/m1/s1. The molecule has 0 aliphatic carbocycles. The van der Waals surface area contributed by atoms with Crippen LogP contribution in [0.2, 0.25) is 0 Å². The first-order valence-corrected chi connectivity index (χ1v) is 14.0. The zero-order valence-electron chi connectivity index (χ0n) is 24.9. The van der Waals surface area contributed by atoms with Crippen molar-refractivity contribution >= 4 is 41.8 Å². The van der Waals surface area contributed by atoms with E-state index in [2.05, 4.69) is 26.3 Å². The summed E-state index contributed by atoms with van der Waals surface area (Å²) in [4.78, 5) is 78.4. The number of hydrogen-bond donors (Lipinski definition) is 9. The van der Waals surface area contributed by atoms with E-state index in [1.165, 1.54) is 0 Å². The van der Waals surface area contributed by atoms with Crippen molar-refractivity contribution < 1.29 is 33.9 Å². The number of aliphatic hydroxyl groups excluding tert-OH is 1. The van der Waals surface area contributed by atoms with Gasteiger partial charge in [-0.05, 0) is 43.9 Å². The first-order valence-electron chi connectivity index (χ1n) is 14.0. The molecule has 240 valence electrons. The smallest absolute Gasteiger partial charge is 0.243 e. The average Bonchev–Trinajstić information content (AvgIpc) is 2.89. The molecular weight excluding hydrogens is 550 g/mol. The van der Waals surface area contributed by atoms with Crippen molar-refractivity contribution in [1.29, 1.82) is 0 Å². The molecule has 0 saturated carbocycles. The Kier molecular flexibility index (Phi) is 18.3. The van der Waals surface area contributed by atoms with Crippen LogP contribution in [-0.4, -0.2) is 90.2 Å². The largest absolute Gasteiger partial charge is 0.394 e. The Bertz CT molecular complexity index is 939. The maximum Gasteiger partial charge on any atom is 0.243 e. The van der Waals surface area contributed by atoms with Gasteiger partial charge in [0.25, 0.3) is 0 Å². The Labute approximate surface area is 246 Å². The van der Waals surface area contributed by atoms with E-state index in [0.29, 0.717) is 12.7 Å². The SMILES string of the molecule is CC(C)C[C@H](NC(=O)[C@H](CC(C)C)NC(=O)[C@H](CCC(N)=O)NC(=O)[C@@H](N)CCCN=C(N)N)C(=O)N[C@H](C=O)CO. The van der Waals surface area contributed by atoms with Crippen LogP contribution in [0.4, 0.5) is 0 Å². The van der Waals surface area contributed by atoms with Crippen LogP contribution in [0.15, 0.2) is 4.99 Å². The predicted octanol–water partition coefficient (Wildman–Crippen LogP) is -3.14. The summed E-state index contributed by atoms with van der Waals surface area (Å²) in [6.07, 6.45) is 1.03. The van der Waals surface area contributed by atoms with E-state index < -0.39 is 66.4 Å². The molecule has 0 aromatic carbocycles. The van der Waals surface area contributed by atoms with E-state index in [1.807, 2.05) is 27.7 Å². The molecule has 42 heavy (non-hydrogen) atoms. The highest BCUT2D eigenvalue weighted by atomic mass is 16.3. The van der Waals surface area contributed by atoms with Gasteiger partial charge in [0.15, 0.2) is 5.96 Å². The average molecular weight is 600 g/mol. The molecule has 16 heteroatoms. The minimum atomic E-state index is -1.23. The highest BCUT2D eigenvalue weighted by Gasteiger charge is 2.31. The maximum absolute atomic E-state index is 13.3. The van der Waals surface area contributed by atoms with Crippen LogP contribution < -0.4 is 44.2 Å². The summed E-state index contributed by atoms with van der Waals surface area (Å²) in [5.74, 6) is -3.62. The van der Waals surface area contributed by atoms with E-state index in [-0.39, 0.29) is 56.4 Å². The Morgan fingerprint density at radius 1 is 0.762 bits per heavy atom. The zero-order valence-corrected chi connectivity index (χ0v) is 24.9. The fraction of sp³-hybridized carbons (Fsp3) is 0.731. The first kappa shape index (κ1) is 38.2. The minimum absolute atomic E-state index is 0.0277. The minimum Gasteiger partial charge on any atom is -0.394 e. The van der Waals surface area contributed by atoms with Crippen molar-refractivity contribution in [2.75, 3.05) is 13.2 Å². The monoisotopic (exact) mass is 599 g/mol. The second-order valence-corrected chi connectivity index (χ2v) is 10.9. The maximum atomic E-state index is 13.3. The number of nitrogens with one attached hydrogen (secondary N) is 4. The number of hydrogen-bond acceptors (Lipinski definition) is 9. The van der Waals surface area contributed by atoms with Gasteiger partial charge >= 0.3 is 0 Å². The van der Waals surface area contributed by atoms with Crippen LogP contribution in [0.1, 0.15) is 66.2 Å². The van der Waals surface area contributed by atoms with Crippen molar-refractivity contribution in [3.05, 3.63) is 0 Å². The van der Waals surface area contributed by atoms with Gasteiger partial charge in [0, 0.05) is 13.0 Å². The number of aliphatic imine (C=N–C) groups is 1. The number of carbonyl (C=O) groups excluding carboxylic acids is 6. The molecule has 0 aromatic heterocycles. The number of aliphatic hydroxyl groups is 1. The van der Waals surface area contributed by atoms with Gasteiger partial charge in [-0.1, -0.05) is 27.7 Å². The molecule has 0 saturated heterocycles. The van der Waals surface area contributed by atoms with Crippen molar-refractivity contribution in [2.45, 2.75) is 96.4 Å². The lowest BCUT2D eigenvalue weighted by Gasteiger charge is -2.27. The van der Waals surface area contributed by atoms with Crippen molar-refractivity contribution in [3.63, 3.8) is 0 Å². The van der Waals surface area contributed by atoms with Gasteiger partial charge in [-0.15, -0.1) is 0 Å². The fourth-order valence-corrected chi connectivity index (χ4v) is 3.84. The molecule has 5 amide bonds. The Morgan fingerprint density at radius 3 is 1.67 bits per heavy atom. The van der Waals surface area contributed by atoms with Crippen molar-refractivity contribution in [1.82, 2.24) is 21.3 Å². The zero-order chi connectivity index (χ0) is 32.4. The molecule has 0 heterocycles. The number of aldehydes is 1. The number of rotatable bonds is 21. The van der Waals surface area contributed by atoms with Gasteiger partial charge in [0.05, 0.1) is 12.6 Å². The molecule has 5 atom stereocenters. The van der Waals surface area contributed by atoms with Gasteiger partial charge in [0.2, 0.25) is 29.5 Å². The normalized spacial score (nSPS) is 14.6. The Morgan fingerprint density at radius 2 is 1.24 bits per heavy atom. The molecule has 0 aliphatic rings. The first-order chi connectivity index (χ1) is 19.6. The third-order valence-electron chi connectivity index (χ3n) is 5.99. The molecule has 0 spiro atoms. The lowest BCUT2D eigenvalue weighted by molar-refractivity contribution is -0.135. The van der Waals surface area contributed by atoms with E-state index >= 15 is 0 Å². The summed E-state index contributed by atoms with van der Waals surface area (Å²) in [7, 11) is 0. The Hall–Kier alpha value is -3.79. The summed E-state index contributed by atoms with van der Waals surface area (Å²) < 4.78 is 0. The summed E-state index contributed by atoms with van der Waals surface area (Å²) in [6.45, 7) is 6.97. The number of nitrogens with zero attached hydrogens (tertiary/aromatic N) is 1. The second kappa shape index (κ2) is 20.1. The van der Waals surface area contributed by atoms with Gasteiger partial charge in [-0.3, -0.25) is 29.0 Å². The van der Waals surface area contributed by atoms with Gasteiger partial charge < -0.3 is 54.1 Å². The van der Waals surface area contributed by atoms with Crippen molar-refractivity contribution in [3.8, 4) is 0 Å². The van der Waals surface area contributed by atoms with Gasteiger partial charge in [-0.25, -0.2) is 0 Å². The molecule has 13 N–H and O–H groups in total. The van der Waals surface area contributed by atoms with Crippen LogP contribution in [0.5, 0.6) is 0 Å². The highest BCUT2D eigenvalue weighted by molar-refractivity contribution is 5.95. The molecular formula is C26H49N9O7. The fourth-order valence-electron chi connectivity index (χ4n) is 3.84. The number of amides is 5. The number of guanidine groups is 1. The highest BCUT2D eigenvalue weighted by Crippen LogP contribution is 2.10. The van der Waals surface area contributed by atoms with Gasteiger partial charge in [0.1, 0.15) is 30.5 Å². The molecule has 0 radical (unpaired) electrons. The molecule has 0 aromatic rings. The summed E-state index contributed by atoms with van der Waals surface area (Å²) in [5.41, 5.74) is 21.7. The number of primary amides is 1. The van der Waals surface area contributed by atoms with Crippen LogP contribution in [0, 0.1) is 11.8 Å². The third kappa shape index (κ3) is 16.5. The summed E-state index contributed by atoms with van der Waals surface area (Å²) >= 11 is 0. The number of carbonyl (C=O) groups is 6. The number of nitrogens with two attached hydrogens (primary N) is 4. The van der Waals surface area contributed by atoms with E-state index in [9.17, 15) is 33.9 Å². The van der Waals surface area contributed by atoms with Crippen LogP contribution in [0.3, 0.4) is 0 Å². The molecule has 16 nitrogen and oxygen atoms in total. The topological polar surface area (TPSA) is 287 Å². The lowest BCUT2D eigenvalue weighted by atomic mass is 9.99. The summed E-state index contributed by atoms with van der Waals surface area (Å²) in [5, 5.41) is 19.4. The molecule has 0 rings (SSSR count). The van der Waals surface area contributed by atoms with E-state index in [1.54, 1.807) is 0 Å². The predicted molar refractivity (Wildman–Crippen MR) is 156 cm³/mol. The van der Waals surface area contributed by atoms with Crippen molar-refractivity contribution in [2.24, 2.45) is 39.8 Å². The third-order valence-corrected chi connectivity index (χ3v) is 5.99. The van der Waals surface area contributed by atoms with Crippen LogP contribution >= 0.6 is 0 Å². The summed E-state index contributed by atoms with van der Waals surface area (Å²) in [6, 6.07) is -5.53. The second-order valence-electron chi connectivity index (χ2n) is 10.9. The molecule has 0 unspecified atom stereocenters. The van der Waals surface area contributed by atoms with Crippen LogP contribution in [-0.2, 0) is 28.8 Å². The van der Waals surface area contributed by atoms with E-state index in [4.69, 9.17) is 22.9 Å². The van der Waals surface area contributed by atoms with E-state index in [0.717, 1.165) is 0 Å².